The Morgan fingerprint density at radius 1 is 1.17 bits per heavy atom. The minimum Gasteiger partial charge on any atom is -0.508 e. The molecule has 29 heavy (non-hydrogen) atoms. The summed E-state index contributed by atoms with van der Waals surface area (Å²) in [7, 11) is 0. The highest BCUT2D eigenvalue weighted by Gasteiger charge is 2.43. The van der Waals surface area contributed by atoms with Gasteiger partial charge in [-0.2, -0.15) is 0 Å². The molecule has 0 bridgehead atoms. The molecule has 2 aliphatic heterocycles. The summed E-state index contributed by atoms with van der Waals surface area (Å²) >= 11 is 0. The molecule has 6 nitrogen and oxygen atoms in total. The zero-order chi connectivity index (χ0) is 20.8. The molecular weight excluding hydrogens is 368 g/mol. The third-order valence-electron chi connectivity index (χ3n) is 5.99. The first-order chi connectivity index (χ1) is 13.8. The Labute approximate surface area is 171 Å². The van der Waals surface area contributed by atoms with Gasteiger partial charge >= 0.3 is 0 Å². The van der Waals surface area contributed by atoms with Crippen LogP contribution in [0.5, 0.6) is 5.75 Å². The molecule has 6 heteroatoms. The van der Waals surface area contributed by atoms with Gasteiger partial charge in [-0.25, -0.2) is 0 Å². The molecule has 1 fully saturated rings. The van der Waals surface area contributed by atoms with Gasteiger partial charge in [0.15, 0.2) is 5.78 Å². The lowest BCUT2D eigenvalue weighted by Gasteiger charge is -2.41. The molecule has 0 aromatic heterocycles. The number of allylic oxidation sites excluding steroid dienone is 3. The van der Waals surface area contributed by atoms with Crippen LogP contribution in [-0.2, 0) is 14.3 Å². The maximum Gasteiger partial charge on any atom is 0.252 e. The lowest BCUT2D eigenvalue weighted by Crippen LogP contribution is -2.45. The lowest BCUT2D eigenvalue weighted by molar-refractivity contribution is -0.131. The molecule has 0 spiro atoms. The molecule has 1 amide bonds. The van der Waals surface area contributed by atoms with E-state index < -0.39 is 5.92 Å². The Morgan fingerprint density at radius 2 is 1.83 bits per heavy atom. The third-order valence-corrected chi connectivity index (χ3v) is 5.99. The van der Waals surface area contributed by atoms with E-state index in [-0.39, 0.29) is 22.9 Å². The number of phenolic OH excluding ortho intramolecular Hbond substituents is 1. The van der Waals surface area contributed by atoms with E-state index in [4.69, 9.17) is 4.74 Å². The van der Waals surface area contributed by atoms with Crippen LogP contribution in [0.4, 0.5) is 0 Å². The van der Waals surface area contributed by atoms with Crippen molar-refractivity contribution < 1.29 is 19.4 Å². The molecule has 4 rings (SSSR count). The van der Waals surface area contributed by atoms with Crippen molar-refractivity contribution in [2.24, 2.45) is 5.41 Å². The lowest BCUT2D eigenvalue weighted by atomic mass is 9.68. The smallest absolute Gasteiger partial charge is 0.252 e. The Morgan fingerprint density at radius 3 is 2.48 bits per heavy atom. The molecule has 2 heterocycles. The summed E-state index contributed by atoms with van der Waals surface area (Å²) in [6.45, 7) is 8.25. The fourth-order valence-corrected chi connectivity index (χ4v) is 4.66. The van der Waals surface area contributed by atoms with E-state index in [1.807, 2.05) is 19.1 Å². The van der Waals surface area contributed by atoms with Crippen LogP contribution < -0.4 is 5.32 Å². The van der Waals surface area contributed by atoms with E-state index in [0.29, 0.717) is 43.9 Å². The van der Waals surface area contributed by atoms with Crippen molar-refractivity contribution in [1.29, 1.82) is 0 Å². The van der Waals surface area contributed by atoms with Gasteiger partial charge in [-0.3, -0.25) is 9.59 Å². The van der Waals surface area contributed by atoms with Crippen molar-refractivity contribution in [3.05, 3.63) is 52.4 Å². The van der Waals surface area contributed by atoms with Crippen molar-refractivity contribution in [2.75, 3.05) is 26.3 Å². The van der Waals surface area contributed by atoms with Gasteiger partial charge in [0.05, 0.1) is 13.2 Å². The monoisotopic (exact) mass is 396 g/mol. The van der Waals surface area contributed by atoms with Crippen LogP contribution in [0.3, 0.4) is 0 Å². The molecule has 1 aromatic rings. The topological polar surface area (TPSA) is 78.9 Å². The molecule has 0 unspecified atom stereocenters. The van der Waals surface area contributed by atoms with Gasteiger partial charge < -0.3 is 20.1 Å². The molecule has 0 radical (unpaired) electrons. The Balaban J connectivity index is 1.82. The number of dihydropyridines is 1. The number of hydrogen-bond donors (Lipinski definition) is 2. The number of amides is 1. The number of nitrogens with zero attached hydrogens (tertiary/aromatic N) is 1. The SMILES string of the molecule is CC1=C(C(=O)N2CCOCC2)[C@H](c2ccc(O)cc2)C2=C(CC(C)(C)CC2=O)N1. The Bertz CT molecular complexity index is 905. The second-order valence-electron chi connectivity index (χ2n) is 8.93. The average molecular weight is 396 g/mol. The third kappa shape index (κ3) is 3.69. The summed E-state index contributed by atoms with van der Waals surface area (Å²) in [5.74, 6) is -0.234. The van der Waals surface area contributed by atoms with Crippen LogP contribution in [0.2, 0.25) is 0 Å². The molecule has 3 aliphatic rings. The summed E-state index contributed by atoms with van der Waals surface area (Å²) in [5.41, 5.74) is 3.75. The number of aromatic hydroxyl groups is 1. The van der Waals surface area contributed by atoms with Crippen LogP contribution in [0.15, 0.2) is 46.8 Å². The first kappa shape index (κ1) is 19.7. The molecular formula is C23H28N2O4. The van der Waals surface area contributed by atoms with E-state index in [0.717, 1.165) is 23.4 Å². The van der Waals surface area contributed by atoms with Crippen molar-refractivity contribution in [3.63, 3.8) is 0 Å². The van der Waals surface area contributed by atoms with E-state index in [1.165, 1.54) is 0 Å². The zero-order valence-corrected chi connectivity index (χ0v) is 17.2. The number of ether oxygens (including phenoxy) is 1. The maximum atomic E-state index is 13.5. The number of hydrogen-bond acceptors (Lipinski definition) is 5. The quantitative estimate of drug-likeness (QED) is 0.804. The van der Waals surface area contributed by atoms with Crippen molar-refractivity contribution >= 4 is 11.7 Å². The van der Waals surface area contributed by atoms with E-state index in [2.05, 4.69) is 19.2 Å². The zero-order valence-electron chi connectivity index (χ0n) is 17.2. The van der Waals surface area contributed by atoms with Gasteiger partial charge in [0.2, 0.25) is 0 Å². The number of nitrogens with one attached hydrogen (secondary N) is 1. The summed E-state index contributed by atoms with van der Waals surface area (Å²) in [6.07, 6.45) is 1.22. The van der Waals surface area contributed by atoms with Crippen LogP contribution in [0.1, 0.15) is 45.1 Å². The normalized spacial score (nSPS) is 24.3. The highest BCUT2D eigenvalue weighted by atomic mass is 16.5. The fourth-order valence-electron chi connectivity index (χ4n) is 4.66. The molecule has 1 aromatic carbocycles. The minimum absolute atomic E-state index is 0.0550. The number of rotatable bonds is 2. The number of morpholine rings is 1. The van der Waals surface area contributed by atoms with Crippen LogP contribution >= 0.6 is 0 Å². The molecule has 1 aliphatic carbocycles. The summed E-state index contributed by atoms with van der Waals surface area (Å²) in [6, 6.07) is 6.84. The van der Waals surface area contributed by atoms with Gasteiger partial charge in [-0.1, -0.05) is 26.0 Å². The highest BCUT2D eigenvalue weighted by molar-refractivity contribution is 6.05. The molecule has 154 valence electrons. The largest absolute Gasteiger partial charge is 0.508 e. The number of benzene rings is 1. The minimum atomic E-state index is -0.425. The predicted molar refractivity (Wildman–Crippen MR) is 109 cm³/mol. The molecule has 2 N–H and O–H groups in total. The standard InChI is InChI=1S/C23H28N2O4/c1-14-19(22(28)25-8-10-29-11-9-25)20(15-4-6-16(26)7-5-15)21-17(24-14)12-23(2,3)13-18(21)27/h4-7,20,24,26H,8-13H2,1-3H3/t20-/m0/s1. The predicted octanol–water partition coefficient (Wildman–Crippen LogP) is 2.86. The van der Waals surface area contributed by atoms with E-state index in [9.17, 15) is 14.7 Å². The van der Waals surface area contributed by atoms with Gasteiger partial charge in [-0.05, 0) is 36.5 Å². The number of carbonyl (C=O) groups excluding carboxylic acids is 2. The highest BCUT2D eigenvalue weighted by Crippen LogP contribution is 2.47. The second kappa shape index (κ2) is 7.34. The molecule has 1 saturated heterocycles. The fraction of sp³-hybridized carbons (Fsp3) is 0.478. The van der Waals surface area contributed by atoms with Gasteiger partial charge in [0, 0.05) is 48.0 Å². The number of carbonyl (C=O) groups is 2. The Hall–Kier alpha value is -2.60. The number of phenols is 1. The summed E-state index contributed by atoms with van der Waals surface area (Å²) in [4.78, 5) is 28.5. The molecule has 0 saturated carbocycles. The maximum absolute atomic E-state index is 13.5. The molecule has 1 atom stereocenters. The van der Waals surface area contributed by atoms with Gasteiger partial charge in [0.1, 0.15) is 5.75 Å². The van der Waals surface area contributed by atoms with E-state index >= 15 is 0 Å². The van der Waals surface area contributed by atoms with Crippen LogP contribution in [0.25, 0.3) is 0 Å². The number of ketones is 1. The van der Waals surface area contributed by atoms with Crippen molar-refractivity contribution in [3.8, 4) is 5.75 Å². The number of Topliss-reactive ketones (excluding diaryl/α,β-unsaturated/α-hetero) is 1. The summed E-state index contributed by atoms with van der Waals surface area (Å²) in [5, 5.41) is 13.1. The van der Waals surface area contributed by atoms with Gasteiger partial charge in [0.25, 0.3) is 5.91 Å². The van der Waals surface area contributed by atoms with Gasteiger partial charge in [-0.15, -0.1) is 0 Å². The van der Waals surface area contributed by atoms with Crippen molar-refractivity contribution in [2.45, 2.75) is 39.5 Å². The Kier molecular flexibility index (Phi) is 4.99. The van der Waals surface area contributed by atoms with E-state index in [1.54, 1.807) is 17.0 Å². The second-order valence-corrected chi connectivity index (χ2v) is 8.93. The summed E-state index contributed by atoms with van der Waals surface area (Å²) < 4.78 is 5.40. The first-order valence-corrected chi connectivity index (χ1v) is 10.2. The average Bonchev–Trinajstić information content (AvgIpc) is 2.67. The first-order valence-electron chi connectivity index (χ1n) is 10.2. The van der Waals surface area contributed by atoms with Crippen LogP contribution in [0, 0.1) is 5.41 Å². The van der Waals surface area contributed by atoms with Crippen LogP contribution in [-0.4, -0.2) is 48.0 Å². The van der Waals surface area contributed by atoms with Crippen molar-refractivity contribution in [1.82, 2.24) is 10.2 Å².